The normalized spacial score (nSPS) is 13.2. The fourth-order valence-electron chi connectivity index (χ4n) is 17.5. The van der Waals surface area contributed by atoms with Gasteiger partial charge in [-0.2, -0.15) is 148 Å². The molecule has 6 aromatic carbocycles. The van der Waals surface area contributed by atoms with Crippen molar-refractivity contribution in [2.24, 2.45) is 13.5 Å². The second kappa shape index (κ2) is 46.0. The summed E-state index contributed by atoms with van der Waals surface area (Å²) in [5.41, 5.74) is 6.43. The maximum Gasteiger partial charge on any atom is 4.00 e. The first kappa shape index (κ1) is 122. The van der Waals surface area contributed by atoms with Crippen LogP contribution in [0.15, 0.2) is 196 Å². The minimum Gasteiger partial charge on any atom is -0.789 e. The van der Waals surface area contributed by atoms with Gasteiger partial charge < -0.3 is 19.4 Å². The van der Waals surface area contributed by atoms with Crippen molar-refractivity contribution in [1.29, 1.82) is 5.16 Å². The molecule has 0 heterocycles. The van der Waals surface area contributed by atoms with Crippen molar-refractivity contribution in [3.63, 3.8) is 0 Å². The molecule has 1 N–H and O–H groups in total. The topological polar surface area (TPSA) is 106 Å². The van der Waals surface area contributed by atoms with Crippen molar-refractivity contribution in [2.75, 3.05) is 0 Å². The van der Waals surface area contributed by atoms with Crippen molar-refractivity contribution in [1.82, 2.24) is 0 Å². The average Bonchev–Trinajstić information content (AvgIpc) is 0.716. The molecule has 6 rings (SSSR count). The Kier molecular flexibility index (Phi) is 48.5. The van der Waals surface area contributed by atoms with Crippen LogP contribution in [-0.4, -0.2) is 77.3 Å². The van der Waals surface area contributed by atoms with Gasteiger partial charge in [0.15, 0.2) is 0 Å². The molecule has 0 radical (unpaired) electrons. The zero-order valence-electron chi connectivity index (χ0n) is 83.5. The molecule has 0 unspecified atom stereocenters. The van der Waals surface area contributed by atoms with Gasteiger partial charge in [0.1, 0.15) is 0 Å². The number of hydrogen-bond acceptors (Lipinski definition) is 1. The minimum atomic E-state index is -2.57. The molecule has 0 aliphatic heterocycles. The maximum absolute atomic E-state index is 12.1. The van der Waals surface area contributed by atoms with Crippen molar-refractivity contribution in [2.45, 2.75) is 389 Å². The van der Waals surface area contributed by atoms with Gasteiger partial charge in [-0.3, -0.25) is 9.68 Å². The molecule has 0 aliphatic rings. The predicted octanol–water partition coefficient (Wildman–Crippen LogP) is 37.8. The Labute approximate surface area is 762 Å². The van der Waals surface area contributed by atoms with E-state index >= 15 is 0 Å². The number of nitrogens with one attached hydrogen (secondary N) is 1. The number of benzene rings is 6. The van der Waals surface area contributed by atoms with Gasteiger partial charge in [0.05, 0.1) is 7.21 Å². The van der Waals surface area contributed by atoms with E-state index in [4.69, 9.17) is 13.5 Å². The first-order valence-corrected chi connectivity index (χ1v) is 51.6. The minimum absolute atomic E-state index is 0. The summed E-state index contributed by atoms with van der Waals surface area (Å²) >= 11 is 0. The Morgan fingerprint density at radius 1 is 0.190 bits per heavy atom. The van der Waals surface area contributed by atoms with E-state index in [1.807, 2.05) is 182 Å². The molecule has 0 aromatic heterocycles. The fraction of sp³-hybridized carbons (Fsp3) is 0.588. The Morgan fingerprint density at radius 3 is 0.362 bits per heavy atom. The Balaban J connectivity index is -0.000000420. The molecule has 0 fully saturated rings. The second-order valence-electron chi connectivity index (χ2n) is 45.5. The monoisotopic (exact) mass is 2030 g/mol. The third-order valence-corrected chi connectivity index (χ3v) is 55.5. The van der Waals surface area contributed by atoms with E-state index in [-0.39, 0.29) is 129 Å². The van der Waals surface area contributed by atoms with Crippen LogP contribution < -0.4 is 0 Å². The van der Waals surface area contributed by atoms with E-state index in [1.165, 1.54) is 0 Å². The summed E-state index contributed by atoms with van der Waals surface area (Å²) in [6, 6.07) is 59.2. The van der Waals surface area contributed by atoms with Gasteiger partial charge in [-0.1, -0.05) is 348 Å². The van der Waals surface area contributed by atoms with Crippen LogP contribution in [0, 0.1) is 46.7 Å². The predicted molar refractivity (Wildman–Crippen MR) is 540 cm³/mol. The zero-order valence-corrected chi connectivity index (χ0v) is 96.0. The van der Waals surface area contributed by atoms with Crippen LogP contribution in [0.25, 0.3) is 10.3 Å². The molecule has 0 aliphatic carbocycles. The number of hydrogen-bond donors (Lipinski definition) is 1. The van der Waals surface area contributed by atoms with Crippen LogP contribution in [0.5, 0.6) is 0 Å². The number of nitrogens with zero attached hydrogens (tertiary/aromatic N) is 5. The quantitative estimate of drug-likeness (QED) is 0.104. The molecule has 0 saturated heterocycles. The SMILES string of the molecule is CC(C)(C)P(=N)(N=P(C(C)(C)C)(C(C)(C)C)C(C)(C)C)C(C)(C)C.CC(C)(C)P(=[N-])(N=P(C(C)(C)C)(C(C)(C)C)C(C)(C)C)C(C)(C)C.CC(C)(C)P(=[N-])(N=P(C(C)(C)C)(C(C)(C)C)C(C)(C)C)C(C)(C)C.[CH2-]c1ccccc1.[CH2-]c1ccccc1.[CH2-]c1ccccc1.[CH2-]c1ccccc1.[CH2-]c1ccccc1.[CH2-]c1ccccc1.[Hf+4].[Hf+4]. The molecule has 116 heavy (non-hydrogen) atoms. The Hall–Kier alpha value is -2.34. The van der Waals surface area contributed by atoms with Crippen LogP contribution >= 0.6 is 42.8 Å². The second-order valence-corrected chi connectivity index (χ2v) is 75.2. The summed E-state index contributed by atoms with van der Waals surface area (Å²) in [5.74, 6) is 0. The summed E-state index contributed by atoms with van der Waals surface area (Å²) in [6.07, 6.45) is 0. The average molecular weight is 2030 g/mol. The zero-order chi connectivity index (χ0) is 91.3. The number of rotatable bonds is 3. The molecule has 0 amide bonds. The van der Waals surface area contributed by atoms with Gasteiger partial charge in [-0.15, -0.1) is 87.2 Å². The first-order chi connectivity index (χ1) is 50.2. The van der Waals surface area contributed by atoms with Gasteiger partial charge in [-0.05, 0) is 88.2 Å². The molecule has 0 atom stereocenters. The van der Waals surface area contributed by atoms with E-state index in [9.17, 15) is 15.5 Å². The molecule has 0 saturated carbocycles. The van der Waals surface area contributed by atoms with Crippen molar-refractivity contribution in [3.8, 4) is 0 Å². The molecule has 14 heteroatoms. The Morgan fingerprint density at radius 2 is 0.293 bits per heavy atom. The van der Waals surface area contributed by atoms with Crippen molar-refractivity contribution < 1.29 is 51.7 Å². The summed E-state index contributed by atoms with van der Waals surface area (Å²) in [6.45, 7) is 125. The maximum atomic E-state index is 12.1. The van der Waals surface area contributed by atoms with Crippen molar-refractivity contribution in [3.05, 3.63) is 267 Å². The van der Waals surface area contributed by atoms with Crippen LogP contribution in [0.1, 0.15) is 345 Å². The van der Waals surface area contributed by atoms with Crippen LogP contribution in [-0.2, 0) is 51.7 Å². The molecule has 6 nitrogen and oxygen atoms in total. The molecule has 654 valence electrons. The van der Waals surface area contributed by atoms with E-state index in [1.54, 1.807) is 0 Å². The summed E-state index contributed by atoms with van der Waals surface area (Å²) in [4.78, 5) is 0. The van der Waals surface area contributed by atoms with Crippen molar-refractivity contribution >= 4 is 42.8 Å². The molecule has 0 spiro atoms. The van der Waals surface area contributed by atoms with E-state index in [0.717, 1.165) is 33.4 Å². The third-order valence-electron chi connectivity index (χ3n) is 20.3. The molecule has 6 aromatic rings. The standard InChI is InChI=1S/C20H46N2P2.2C20H45N2P2.6C7H7.2Hf/c3*1-16(2,3)23(17(4,5)6,18(7,8)9)22-24(21,19(10,11)12)20(13,14)15;6*1-7-5-3-2-4-6-7;;/h21H,1-15H3;2*1-15H3;6*2-6H,1H2;;/q;8*-1;2*+4. The van der Waals surface area contributed by atoms with Gasteiger partial charge in [-0.25, -0.2) is 0 Å². The third kappa shape index (κ3) is 34.6. The molecular formula is C102H178Hf2N6P6. The Bertz CT molecular complexity index is 3340. The van der Waals surface area contributed by atoms with E-state index in [0.29, 0.717) is 0 Å². The van der Waals surface area contributed by atoms with E-state index < -0.39 is 42.8 Å². The molecule has 0 bridgehead atoms. The van der Waals surface area contributed by atoms with Crippen LogP contribution in [0.2, 0.25) is 0 Å². The van der Waals surface area contributed by atoms with E-state index in [2.05, 4.69) is 353 Å². The summed E-state index contributed by atoms with van der Waals surface area (Å²) in [7, 11) is -13.2. The first-order valence-electron chi connectivity index (χ1n) is 41.3. The smallest absolute Gasteiger partial charge is 0.789 e. The van der Waals surface area contributed by atoms with Gasteiger partial charge in [0, 0.05) is 10.3 Å². The van der Waals surface area contributed by atoms with Crippen LogP contribution in [0.4, 0.5) is 0 Å². The van der Waals surface area contributed by atoms with Crippen LogP contribution in [0.3, 0.4) is 0 Å². The summed E-state index contributed by atoms with van der Waals surface area (Å²) in [5, 5.41) is 33.2. The van der Waals surface area contributed by atoms with Gasteiger partial charge in [0.25, 0.3) is 0 Å². The molecular weight excluding hydrogens is 1850 g/mol. The van der Waals surface area contributed by atoms with Gasteiger partial charge >= 0.3 is 51.7 Å². The largest absolute Gasteiger partial charge is 4.00 e. The van der Waals surface area contributed by atoms with Gasteiger partial charge in [0.2, 0.25) is 0 Å². The fourth-order valence-corrected chi connectivity index (χ4v) is 62.5. The summed E-state index contributed by atoms with van der Waals surface area (Å²) < 4.78 is 17.1.